The standard InChI is InChI=1S/C15H30N2O/c1-13-11-17(12-15(9-10-18)16(13)2)14-7-5-3-4-6-8-14/h13-15,18H,3-12H2,1-2H3. The minimum atomic E-state index is 0.320. The molecule has 1 saturated carbocycles. The fourth-order valence-corrected chi connectivity index (χ4v) is 3.67. The van der Waals surface area contributed by atoms with Crippen LogP contribution in [0.2, 0.25) is 0 Å². The molecule has 2 rings (SSSR count). The van der Waals surface area contributed by atoms with E-state index in [4.69, 9.17) is 0 Å². The third-order valence-electron chi connectivity index (χ3n) is 5.02. The Morgan fingerprint density at radius 1 is 1.06 bits per heavy atom. The molecule has 1 aliphatic carbocycles. The molecule has 2 unspecified atom stereocenters. The molecule has 0 aromatic heterocycles. The third kappa shape index (κ3) is 3.46. The molecule has 0 bridgehead atoms. The average molecular weight is 254 g/mol. The number of hydrogen-bond donors (Lipinski definition) is 1. The Bertz CT molecular complexity index is 239. The van der Waals surface area contributed by atoms with E-state index in [0.29, 0.717) is 18.7 Å². The summed E-state index contributed by atoms with van der Waals surface area (Å²) in [5.74, 6) is 0. The third-order valence-corrected chi connectivity index (χ3v) is 5.02. The SMILES string of the molecule is CC1CN(C2CCCCCC2)CC(CCO)N1C. The maximum Gasteiger partial charge on any atom is 0.0446 e. The largest absolute Gasteiger partial charge is 0.396 e. The Labute approximate surface area is 112 Å². The topological polar surface area (TPSA) is 26.7 Å². The molecule has 3 heteroatoms. The summed E-state index contributed by atoms with van der Waals surface area (Å²) < 4.78 is 0. The first-order valence-electron chi connectivity index (χ1n) is 7.79. The Morgan fingerprint density at radius 3 is 2.33 bits per heavy atom. The van der Waals surface area contributed by atoms with Crippen LogP contribution in [0.25, 0.3) is 0 Å². The second-order valence-corrected chi connectivity index (χ2v) is 6.28. The van der Waals surface area contributed by atoms with Gasteiger partial charge in [-0.1, -0.05) is 25.7 Å². The second-order valence-electron chi connectivity index (χ2n) is 6.28. The predicted octanol–water partition coefficient (Wildman–Crippen LogP) is 2.10. The van der Waals surface area contributed by atoms with Crippen LogP contribution in [0.3, 0.4) is 0 Å². The van der Waals surface area contributed by atoms with Gasteiger partial charge in [0.15, 0.2) is 0 Å². The molecule has 2 atom stereocenters. The van der Waals surface area contributed by atoms with Gasteiger partial charge in [-0.05, 0) is 33.2 Å². The molecule has 1 aliphatic heterocycles. The van der Waals surface area contributed by atoms with Crippen molar-refractivity contribution in [1.82, 2.24) is 9.80 Å². The fourth-order valence-electron chi connectivity index (χ4n) is 3.67. The van der Waals surface area contributed by atoms with Crippen LogP contribution in [0, 0.1) is 0 Å². The molecule has 18 heavy (non-hydrogen) atoms. The maximum absolute atomic E-state index is 9.22. The molecule has 1 saturated heterocycles. The summed E-state index contributed by atoms with van der Waals surface area (Å²) in [6.45, 7) is 5.02. The van der Waals surface area contributed by atoms with E-state index < -0.39 is 0 Å². The summed E-state index contributed by atoms with van der Waals surface area (Å²) in [5.41, 5.74) is 0. The molecule has 0 amide bonds. The molecule has 0 aromatic carbocycles. The number of aliphatic hydroxyl groups excluding tert-OH is 1. The van der Waals surface area contributed by atoms with E-state index >= 15 is 0 Å². The summed E-state index contributed by atoms with van der Waals surface area (Å²) in [4.78, 5) is 5.18. The van der Waals surface area contributed by atoms with Crippen molar-refractivity contribution in [3.8, 4) is 0 Å². The molecule has 2 fully saturated rings. The lowest BCUT2D eigenvalue weighted by Gasteiger charge is -2.46. The van der Waals surface area contributed by atoms with Gasteiger partial charge in [0.2, 0.25) is 0 Å². The Hall–Kier alpha value is -0.120. The predicted molar refractivity (Wildman–Crippen MR) is 75.8 cm³/mol. The van der Waals surface area contributed by atoms with Gasteiger partial charge in [0.05, 0.1) is 0 Å². The molecule has 106 valence electrons. The lowest BCUT2D eigenvalue weighted by Crippen LogP contribution is -2.58. The van der Waals surface area contributed by atoms with E-state index in [0.717, 1.165) is 19.0 Å². The molecular weight excluding hydrogens is 224 g/mol. The lowest BCUT2D eigenvalue weighted by atomic mass is 10.00. The quantitative estimate of drug-likeness (QED) is 0.781. The number of aliphatic hydroxyl groups is 1. The van der Waals surface area contributed by atoms with Gasteiger partial charge in [0.1, 0.15) is 0 Å². The van der Waals surface area contributed by atoms with Gasteiger partial charge in [-0.15, -0.1) is 0 Å². The van der Waals surface area contributed by atoms with E-state index in [9.17, 15) is 5.11 Å². The van der Waals surface area contributed by atoms with Crippen molar-refractivity contribution in [2.24, 2.45) is 0 Å². The number of hydrogen-bond acceptors (Lipinski definition) is 3. The zero-order valence-electron chi connectivity index (χ0n) is 12.1. The van der Waals surface area contributed by atoms with E-state index in [2.05, 4.69) is 23.8 Å². The molecule has 0 radical (unpaired) electrons. The van der Waals surface area contributed by atoms with Crippen molar-refractivity contribution >= 4 is 0 Å². The van der Waals surface area contributed by atoms with Crippen LogP contribution in [-0.4, -0.2) is 59.8 Å². The summed E-state index contributed by atoms with van der Waals surface area (Å²) in [6.07, 6.45) is 9.39. The van der Waals surface area contributed by atoms with Crippen molar-refractivity contribution < 1.29 is 5.11 Å². The highest BCUT2D eigenvalue weighted by atomic mass is 16.3. The zero-order chi connectivity index (χ0) is 13.0. The molecule has 0 spiro atoms. The number of nitrogens with zero attached hydrogens (tertiary/aromatic N) is 2. The Balaban J connectivity index is 1.95. The molecule has 1 N–H and O–H groups in total. The maximum atomic E-state index is 9.22. The number of piperazine rings is 1. The highest BCUT2D eigenvalue weighted by Gasteiger charge is 2.32. The monoisotopic (exact) mass is 254 g/mol. The van der Waals surface area contributed by atoms with Crippen molar-refractivity contribution in [3.05, 3.63) is 0 Å². The van der Waals surface area contributed by atoms with Crippen molar-refractivity contribution in [2.45, 2.75) is 70.0 Å². The van der Waals surface area contributed by atoms with Gasteiger partial charge in [0, 0.05) is 37.8 Å². The first-order valence-corrected chi connectivity index (χ1v) is 7.79. The van der Waals surface area contributed by atoms with Crippen molar-refractivity contribution in [2.75, 3.05) is 26.7 Å². The van der Waals surface area contributed by atoms with Crippen LogP contribution in [0.1, 0.15) is 51.9 Å². The second kappa shape index (κ2) is 6.88. The highest BCUT2D eigenvalue weighted by molar-refractivity contribution is 4.88. The smallest absolute Gasteiger partial charge is 0.0446 e. The molecular formula is C15H30N2O. The van der Waals surface area contributed by atoms with E-state index in [1.165, 1.54) is 45.1 Å². The van der Waals surface area contributed by atoms with Gasteiger partial charge in [-0.2, -0.15) is 0 Å². The molecule has 2 aliphatic rings. The fraction of sp³-hybridized carbons (Fsp3) is 1.00. The first kappa shape index (κ1) is 14.3. The summed E-state index contributed by atoms with van der Waals surface area (Å²) in [7, 11) is 2.22. The van der Waals surface area contributed by atoms with Crippen LogP contribution in [0.5, 0.6) is 0 Å². The normalized spacial score (nSPS) is 33.5. The van der Waals surface area contributed by atoms with Crippen LogP contribution in [-0.2, 0) is 0 Å². The Morgan fingerprint density at radius 2 is 1.72 bits per heavy atom. The van der Waals surface area contributed by atoms with Crippen LogP contribution in [0.4, 0.5) is 0 Å². The minimum Gasteiger partial charge on any atom is -0.396 e. The average Bonchev–Trinajstić information content (AvgIpc) is 2.63. The van der Waals surface area contributed by atoms with Gasteiger partial charge in [0.25, 0.3) is 0 Å². The minimum absolute atomic E-state index is 0.320. The van der Waals surface area contributed by atoms with Crippen molar-refractivity contribution in [3.63, 3.8) is 0 Å². The number of rotatable bonds is 3. The van der Waals surface area contributed by atoms with Crippen LogP contribution < -0.4 is 0 Å². The zero-order valence-corrected chi connectivity index (χ0v) is 12.1. The van der Waals surface area contributed by atoms with Gasteiger partial charge < -0.3 is 5.11 Å². The van der Waals surface area contributed by atoms with Gasteiger partial charge >= 0.3 is 0 Å². The molecule has 3 nitrogen and oxygen atoms in total. The van der Waals surface area contributed by atoms with E-state index in [1.807, 2.05) is 0 Å². The summed E-state index contributed by atoms with van der Waals surface area (Å²) in [6, 6.07) is 1.98. The lowest BCUT2D eigenvalue weighted by molar-refractivity contribution is 0.0131. The summed E-state index contributed by atoms with van der Waals surface area (Å²) >= 11 is 0. The highest BCUT2D eigenvalue weighted by Crippen LogP contribution is 2.26. The Kier molecular flexibility index (Phi) is 5.46. The molecule has 0 aromatic rings. The van der Waals surface area contributed by atoms with E-state index in [1.54, 1.807) is 0 Å². The molecule has 1 heterocycles. The van der Waals surface area contributed by atoms with E-state index in [-0.39, 0.29) is 0 Å². The van der Waals surface area contributed by atoms with Crippen LogP contribution in [0.15, 0.2) is 0 Å². The van der Waals surface area contributed by atoms with Crippen molar-refractivity contribution in [1.29, 1.82) is 0 Å². The van der Waals surface area contributed by atoms with Gasteiger partial charge in [-0.3, -0.25) is 9.80 Å². The first-order chi connectivity index (χ1) is 8.72. The summed E-state index contributed by atoms with van der Waals surface area (Å²) in [5, 5.41) is 9.22. The number of likely N-dealkylation sites (N-methyl/N-ethyl adjacent to an activating group) is 1. The van der Waals surface area contributed by atoms with Gasteiger partial charge in [-0.25, -0.2) is 0 Å². The van der Waals surface area contributed by atoms with Crippen LogP contribution >= 0.6 is 0 Å².